The van der Waals surface area contributed by atoms with Crippen LogP contribution in [-0.2, 0) is 16.1 Å². The van der Waals surface area contributed by atoms with Crippen molar-refractivity contribution in [3.05, 3.63) is 127 Å². The van der Waals surface area contributed by atoms with Gasteiger partial charge in [-0.3, -0.25) is 9.36 Å². The molecule has 8 heteroatoms. The van der Waals surface area contributed by atoms with Crippen LogP contribution in [0.15, 0.2) is 105 Å². The van der Waals surface area contributed by atoms with Gasteiger partial charge in [0.2, 0.25) is 0 Å². The van der Waals surface area contributed by atoms with Crippen molar-refractivity contribution in [2.45, 2.75) is 31.3 Å². The summed E-state index contributed by atoms with van der Waals surface area (Å²) < 4.78 is 9.96. The SMILES string of the molecule is CCOC(=O)C1=C(c2ccccc2)N=c2s/c(=C\c3cn(CC)c4ccccc34)c(=O)n2C1c1ccc(SC)cc1. The minimum atomic E-state index is -0.685. The summed E-state index contributed by atoms with van der Waals surface area (Å²) in [6, 6.07) is 25.1. The molecule has 1 unspecified atom stereocenters. The highest BCUT2D eigenvalue weighted by atomic mass is 32.2. The van der Waals surface area contributed by atoms with Gasteiger partial charge in [0.1, 0.15) is 0 Å². The molecule has 3 heterocycles. The summed E-state index contributed by atoms with van der Waals surface area (Å²) in [6.45, 7) is 4.93. The molecular weight excluding hydrogens is 551 g/mol. The number of ether oxygens (including phenoxy) is 1. The van der Waals surface area contributed by atoms with Gasteiger partial charge >= 0.3 is 5.97 Å². The van der Waals surface area contributed by atoms with E-state index in [1.54, 1.807) is 23.3 Å². The molecule has 1 aliphatic rings. The molecule has 0 fully saturated rings. The molecule has 0 N–H and O–H groups in total. The maximum absolute atomic E-state index is 14.2. The number of thioether (sulfide) groups is 1. The number of aryl methyl sites for hydroxylation is 1. The Labute approximate surface area is 245 Å². The van der Waals surface area contributed by atoms with Crippen LogP contribution in [0, 0.1) is 0 Å². The fraction of sp³-hybridized carbons (Fsp3) is 0.182. The zero-order chi connectivity index (χ0) is 28.5. The third-order valence-corrected chi connectivity index (χ3v) is 8.98. The molecule has 0 amide bonds. The normalized spacial score (nSPS) is 15.2. The van der Waals surface area contributed by atoms with Crippen molar-refractivity contribution in [3.63, 3.8) is 0 Å². The van der Waals surface area contributed by atoms with Crippen molar-refractivity contribution in [2.24, 2.45) is 4.99 Å². The van der Waals surface area contributed by atoms with Gasteiger partial charge in [-0.25, -0.2) is 9.79 Å². The Bertz CT molecular complexity index is 1970. The first-order chi connectivity index (χ1) is 20.0. The van der Waals surface area contributed by atoms with Gasteiger partial charge in [-0.05, 0) is 49.9 Å². The minimum Gasteiger partial charge on any atom is -0.463 e. The average Bonchev–Trinajstić information content (AvgIpc) is 3.53. The van der Waals surface area contributed by atoms with Crippen LogP contribution in [0.2, 0.25) is 0 Å². The standard InChI is InChI=1S/C33H29N3O3S2/c1-4-35-20-23(25-13-9-10-14-26(25)35)19-27-31(37)36-30(22-15-17-24(40-3)18-16-22)28(32(38)39-5-2)29(34-33(36)41-27)21-11-7-6-8-12-21/h6-20,30H,4-5H2,1-3H3/b27-19-. The molecule has 2 aromatic heterocycles. The van der Waals surface area contributed by atoms with Crippen molar-refractivity contribution in [3.8, 4) is 0 Å². The van der Waals surface area contributed by atoms with Gasteiger partial charge in [-0.1, -0.05) is 72.0 Å². The Morgan fingerprint density at radius 1 is 1.02 bits per heavy atom. The summed E-state index contributed by atoms with van der Waals surface area (Å²) in [4.78, 5) is 34.4. The monoisotopic (exact) mass is 579 g/mol. The summed E-state index contributed by atoms with van der Waals surface area (Å²) in [7, 11) is 0. The molecule has 206 valence electrons. The number of nitrogens with zero attached hydrogens (tertiary/aromatic N) is 3. The highest BCUT2D eigenvalue weighted by molar-refractivity contribution is 7.98. The second kappa shape index (κ2) is 11.4. The Morgan fingerprint density at radius 2 is 1.76 bits per heavy atom. The minimum absolute atomic E-state index is 0.185. The highest BCUT2D eigenvalue weighted by Gasteiger charge is 2.35. The first kappa shape index (κ1) is 27.1. The summed E-state index contributed by atoms with van der Waals surface area (Å²) in [5, 5.41) is 1.08. The van der Waals surface area contributed by atoms with Gasteiger partial charge in [0.05, 0.1) is 28.5 Å². The third kappa shape index (κ3) is 4.87. The second-order valence-corrected chi connectivity index (χ2v) is 11.5. The number of thiazole rings is 1. The first-order valence-corrected chi connectivity index (χ1v) is 15.6. The largest absolute Gasteiger partial charge is 0.463 e. The van der Waals surface area contributed by atoms with E-state index in [4.69, 9.17) is 9.73 Å². The van der Waals surface area contributed by atoms with E-state index in [2.05, 4.69) is 29.8 Å². The summed E-state index contributed by atoms with van der Waals surface area (Å²) in [6.07, 6.45) is 6.05. The number of carbonyl (C=O) groups is 1. The van der Waals surface area contributed by atoms with Gasteiger partial charge in [-0.2, -0.15) is 0 Å². The molecule has 6 nitrogen and oxygen atoms in total. The van der Waals surface area contributed by atoms with Gasteiger partial charge in [-0.15, -0.1) is 11.8 Å². The van der Waals surface area contributed by atoms with Crippen LogP contribution in [0.5, 0.6) is 0 Å². The van der Waals surface area contributed by atoms with Crippen LogP contribution < -0.4 is 14.9 Å². The van der Waals surface area contributed by atoms with E-state index in [-0.39, 0.29) is 12.2 Å². The van der Waals surface area contributed by atoms with E-state index < -0.39 is 12.0 Å². The van der Waals surface area contributed by atoms with E-state index in [0.29, 0.717) is 20.6 Å². The summed E-state index contributed by atoms with van der Waals surface area (Å²) in [5.74, 6) is -0.477. The van der Waals surface area contributed by atoms with Crippen LogP contribution >= 0.6 is 23.1 Å². The predicted octanol–water partition coefficient (Wildman–Crippen LogP) is 5.63. The van der Waals surface area contributed by atoms with Crippen molar-refractivity contribution < 1.29 is 9.53 Å². The third-order valence-electron chi connectivity index (χ3n) is 7.25. The fourth-order valence-corrected chi connectivity index (χ4v) is 6.74. The molecule has 0 bridgehead atoms. The Hall–Kier alpha value is -4.14. The molecule has 1 aliphatic heterocycles. The number of carbonyl (C=O) groups excluding carboxylic acids is 1. The molecule has 0 saturated carbocycles. The van der Waals surface area contributed by atoms with Crippen LogP contribution in [0.1, 0.15) is 36.6 Å². The van der Waals surface area contributed by atoms with Gasteiger partial charge in [0.25, 0.3) is 5.56 Å². The first-order valence-electron chi connectivity index (χ1n) is 13.5. The number of benzene rings is 3. The molecule has 0 radical (unpaired) electrons. The molecular formula is C33H29N3O3S2. The topological polar surface area (TPSA) is 65.6 Å². The number of fused-ring (bicyclic) bond motifs is 2. The zero-order valence-electron chi connectivity index (χ0n) is 23.0. The molecule has 0 spiro atoms. The average molecular weight is 580 g/mol. The molecule has 0 aliphatic carbocycles. The lowest BCUT2D eigenvalue weighted by Gasteiger charge is -2.26. The van der Waals surface area contributed by atoms with Crippen molar-refractivity contribution in [1.29, 1.82) is 0 Å². The smallest absolute Gasteiger partial charge is 0.338 e. The van der Waals surface area contributed by atoms with Crippen molar-refractivity contribution in [2.75, 3.05) is 12.9 Å². The molecule has 0 saturated heterocycles. The van der Waals surface area contributed by atoms with Crippen LogP contribution in [0.3, 0.4) is 0 Å². The van der Waals surface area contributed by atoms with Crippen LogP contribution in [0.4, 0.5) is 0 Å². The summed E-state index contributed by atoms with van der Waals surface area (Å²) >= 11 is 2.98. The maximum Gasteiger partial charge on any atom is 0.338 e. The second-order valence-electron chi connectivity index (χ2n) is 9.59. The fourth-order valence-electron chi connectivity index (χ4n) is 5.34. The zero-order valence-corrected chi connectivity index (χ0v) is 24.7. The van der Waals surface area contributed by atoms with E-state index in [0.717, 1.165) is 39.0 Å². The van der Waals surface area contributed by atoms with E-state index in [9.17, 15) is 9.59 Å². The Balaban J connectivity index is 1.64. The van der Waals surface area contributed by atoms with Crippen LogP contribution in [-0.4, -0.2) is 28.0 Å². The number of aromatic nitrogens is 2. The Kier molecular flexibility index (Phi) is 7.51. The number of hydrogen-bond donors (Lipinski definition) is 0. The lowest BCUT2D eigenvalue weighted by Crippen LogP contribution is -2.40. The number of rotatable bonds is 7. The van der Waals surface area contributed by atoms with Crippen LogP contribution in [0.25, 0.3) is 22.7 Å². The molecule has 5 aromatic rings. The number of hydrogen-bond acceptors (Lipinski definition) is 6. The lowest BCUT2D eigenvalue weighted by atomic mass is 9.93. The van der Waals surface area contributed by atoms with E-state index in [1.807, 2.05) is 79.1 Å². The maximum atomic E-state index is 14.2. The molecule has 41 heavy (non-hydrogen) atoms. The molecule has 1 atom stereocenters. The number of para-hydroxylation sites is 1. The summed E-state index contributed by atoms with van der Waals surface area (Å²) in [5.41, 5.74) is 4.41. The predicted molar refractivity (Wildman–Crippen MR) is 167 cm³/mol. The number of esters is 1. The quantitative estimate of drug-likeness (QED) is 0.185. The van der Waals surface area contributed by atoms with Gasteiger partial charge < -0.3 is 9.30 Å². The molecule has 3 aromatic carbocycles. The molecule has 6 rings (SSSR count). The lowest BCUT2D eigenvalue weighted by molar-refractivity contribution is -0.138. The highest BCUT2D eigenvalue weighted by Crippen LogP contribution is 2.35. The van der Waals surface area contributed by atoms with E-state index in [1.165, 1.54) is 11.3 Å². The van der Waals surface area contributed by atoms with E-state index >= 15 is 0 Å². The van der Waals surface area contributed by atoms with Gasteiger partial charge in [0, 0.05) is 39.7 Å². The Morgan fingerprint density at radius 3 is 2.46 bits per heavy atom. The van der Waals surface area contributed by atoms with Crippen molar-refractivity contribution >= 4 is 51.7 Å². The van der Waals surface area contributed by atoms with Gasteiger partial charge in [0.15, 0.2) is 4.80 Å². The van der Waals surface area contributed by atoms with Crippen molar-refractivity contribution in [1.82, 2.24) is 9.13 Å².